The summed E-state index contributed by atoms with van der Waals surface area (Å²) in [5.74, 6) is -0.323. The average molecular weight is 556 g/mol. The number of carbonyl (C=O) groups excluding carboxylic acids is 2. The van der Waals surface area contributed by atoms with Crippen molar-refractivity contribution in [1.82, 2.24) is 15.2 Å². The molecule has 1 N–H and O–H groups in total. The first-order valence-electron chi connectivity index (χ1n) is 13.0. The molecule has 1 saturated carbocycles. The molecule has 1 aromatic heterocycles. The molecule has 0 radical (unpaired) electrons. The zero-order valence-electron chi connectivity index (χ0n) is 21.0. The SMILES string of the molecule is O=C(NCc1ccc(Cl)cc1)c1cc(O[C@H]2CCN3C(=O)OC[C@@H]3C2)c(-c2cnc(COC3CC3)o2)cc1F. The van der Waals surface area contributed by atoms with Crippen molar-refractivity contribution in [3.05, 3.63) is 70.5 Å². The summed E-state index contributed by atoms with van der Waals surface area (Å²) in [4.78, 5) is 30.9. The van der Waals surface area contributed by atoms with Crippen LogP contribution in [0, 0.1) is 5.82 Å². The summed E-state index contributed by atoms with van der Waals surface area (Å²) in [5.41, 5.74) is 1.01. The minimum Gasteiger partial charge on any atom is -0.489 e. The number of fused-ring (bicyclic) bond motifs is 1. The van der Waals surface area contributed by atoms with Crippen molar-refractivity contribution in [1.29, 1.82) is 0 Å². The maximum atomic E-state index is 15.3. The van der Waals surface area contributed by atoms with Crippen molar-refractivity contribution in [2.24, 2.45) is 0 Å². The summed E-state index contributed by atoms with van der Waals surface area (Å²) in [6, 6.07) is 9.56. The van der Waals surface area contributed by atoms with E-state index in [0.717, 1.165) is 18.4 Å². The lowest BCUT2D eigenvalue weighted by atomic mass is 10.0. The zero-order chi connectivity index (χ0) is 26.9. The number of carbonyl (C=O) groups is 2. The van der Waals surface area contributed by atoms with Gasteiger partial charge < -0.3 is 28.8 Å². The van der Waals surface area contributed by atoms with Gasteiger partial charge in [-0.2, -0.15) is 0 Å². The van der Waals surface area contributed by atoms with Crippen LogP contribution in [-0.2, 0) is 22.6 Å². The van der Waals surface area contributed by atoms with Crippen LogP contribution in [0.1, 0.15) is 47.5 Å². The van der Waals surface area contributed by atoms with Crippen molar-refractivity contribution in [3.8, 4) is 17.1 Å². The Bertz CT molecular complexity index is 1380. The van der Waals surface area contributed by atoms with Crippen LogP contribution in [0.15, 0.2) is 47.0 Å². The molecular formula is C28H27ClFN3O6. The van der Waals surface area contributed by atoms with E-state index in [-0.39, 0.29) is 43.1 Å². The van der Waals surface area contributed by atoms with Gasteiger partial charge in [-0.25, -0.2) is 14.2 Å². The first-order chi connectivity index (χ1) is 18.9. The molecule has 2 saturated heterocycles. The van der Waals surface area contributed by atoms with E-state index >= 15 is 4.39 Å². The number of halogens is 2. The van der Waals surface area contributed by atoms with Gasteiger partial charge in [0.2, 0.25) is 5.89 Å². The Morgan fingerprint density at radius 1 is 1.18 bits per heavy atom. The van der Waals surface area contributed by atoms with Crippen LogP contribution in [0.2, 0.25) is 5.02 Å². The normalized spacial score (nSPS) is 20.5. The molecule has 2 amide bonds. The second-order valence-electron chi connectivity index (χ2n) is 9.95. The molecule has 0 bridgehead atoms. The molecule has 39 heavy (non-hydrogen) atoms. The number of aromatic nitrogens is 1. The van der Waals surface area contributed by atoms with E-state index in [1.165, 1.54) is 18.3 Å². The van der Waals surface area contributed by atoms with Crippen molar-refractivity contribution in [2.45, 2.75) is 57.1 Å². The number of oxazole rings is 1. The summed E-state index contributed by atoms with van der Waals surface area (Å²) >= 11 is 5.93. The number of piperidine rings is 1. The summed E-state index contributed by atoms with van der Waals surface area (Å²) in [5, 5.41) is 3.33. The van der Waals surface area contributed by atoms with Crippen LogP contribution in [0.3, 0.4) is 0 Å². The molecule has 2 atom stereocenters. The fourth-order valence-corrected chi connectivity index (χ4v) is 4.90. The number of cyclic esters (lactones) is 1. The Kier molecular flexibility index (Phi) is 7.14. The lowest BCUT2D eigenvalue weighted by Crippen LogP contribution is -2.44. The summed E-state index contributed by atoms with van der Waals surface area (Å²) in [6.07, 6.45) is 4.32. The fraction of sp³-hybridized carbons (Fsp3) is 0.393. The van der Waals surface area contributed by atoms with E-state index in [9.17, 15) is 9.59 Å². The summed E-state index contributed by atoms with van der Waals surface area (Å²) in [7, 11) is 0. The van der Waals surface area contributed by atoms with Crippen molar-refractivity contribution in [3.63, 3.8) is 0 Å². The third-order valence-electron chi connectivity index (χ3n) is 7.06. The van der Waals surface area contributed by atoms with Gasteiger partial charge in [-0.05, 0) is 42.7 Å². The molecule has 1 aliphatic carbocycles. The van der Waals surface area contributed by atoms with E-state index in [1.807, 2.05) is 0 Å². The van der Waals surface area contributed by atoms with Crippen LogP contribution in [0.4, 0.5) is 9.18 Å². The highest BCUT2D eigenvalue weighted by atomic mass is 35.5. The minimum atomic E-state index is -0.720. The lowest BCUT2D eigenvalue weighted by Gasteiger charge is -2.33. The van der Waals surface area contributed by atoms with Crippen LogP contribution in [0.25, 0.3) is 11.3 Å². The highest BCUT2D eigenvalue weighted by Crippen LogP contribution is 2.36. The standard InChI is InChI=1S/C28H27ClFN3O6/c29-17-3-1-16(2-4-17)12-32-27(34)21-11-24(38-20-7-8-33-18(9-20)14-37-28(33)35)22(10-23(21)30)25-13-31-26(39-25)15-36-19-5-6-19/h1-4,10-11,13,18-20H,5-9,12,14-15H2,(H,32,34)/t18-,20-/m0/s1. The Hall–Kier alpha value is -3.63. The Balaban J connectivity index is 1.24. The van der Waals surface area contributed by atoms with Gasteiger partial charge in [0.25, 0.3) is 5.91 Å². The number of amides is 2. The lowest BCUT2D eigenvalue weighted by molar-refractivity contribution is 0.0884. The maximum absolute atomic E-state index is 15.3. The highest BCUT2D eigenvalue weighted by molar-refractivity contribution is 6.30. The van der Waals surface area contributed by atoms with Crippen LogP contribution in [-0.4, -0.2) is 53.3 Å². The number of hydrogen-bond donors (Lipinski definition) is 1. The third kappa shape index (κ3) is 5.86. The van der Waals surface area contributed by atoms with Crippen molar-refractivity contribution < 1.29 is 32.6 Å². The van der Waals surface area contributed by atoms with E-state index in [2.05, 4.69) is 10.3 Å². The predicted octanol–water partition coefficient (Wildman–Crippen LogP) is 5.11. The van der Waals surface area contributed by atoms with Gasteiger partial charge in [0.1, 0.15) is 30.9 Å². The van der Waals surface area contributed by atoms with E-state index in [4.69, 9.17) is 30.2 Å². The number of nitrogens with zero attached hydrogens (tertiary/aromatic N) is 2. The molecule has 2 aromatic carbocycles. The molecule has 3 heterocycles. The third-order valence-corrected chi connectivity index (χ3v) is 7.31. The summed E-state index contributed by atoms with van der Waals surface area (Å²) in [6.45, 7) is 1.22. The molecule has 204 valence electrons. The highest BCUT2D eigenvalue weighted by Gasteiger charge is 2.39. The molecule has 0 unspecified atom stereocenters. The number of nitrogens with one attached hydrogen (secondary N) is 1. The Labute approximate surface area is 229 Å². The van der Waals surface area contributed by atoms with E-state index < -0.39 is 11.7 Å². The second-order valence-corrected chi connectivity index (χ2v) is 10.4. The molecule has 3 aromatic rings. The number of benzene rings is 2. The monoisotopic (exact) mass is 555 g/mol. The first kappa shape index (κ1) is 25.6. The van der Waals surface area contributed by atoms with E-state index in [1.54, 1.807) is 29.2 Å². The smallest absolute Gasteiger partial charge is 0.410 e. The van der Waals surface area contributed by atoms with Gasteiger partial charge in [-0.1, -0.05) is 23.7 Å². The number of hydrogen-bond acceptors (Lipinski definition) is 7. The zero-order valence-corrected chi connectivity index (χ0v) is 21.8. The molecule has 2 aliphatic heterocycles. The number of rotatable bonds is 9. The Morgan fingerprint density at radius 2 is 2.00 bits per heavy atom. The molecule has 9 nitrogen and oxygen atoms in total. The van der Waals surface area contributed by atoms with Gasteiger partial charge in [0.05, 0.1) is 29.5 Å². The molecule has 3 fully saturated rings. The Morgan fingerprint density at radius 3 is 2.79 bits per heavy atom. The average Bonchev–Trinajstić information content (AvgIpc) is 3.53. The first-order valence-corrected chi connectivity index (χ1v) is 13.3. The molecule has 0 spiro atoms. The quantitative estimate of drug-likeness (QED) is 0.391. The number of ether oxygens (including phenoxy) is 3. The molecular weight excluding hydrogens is 529 g/mol. The van der Waals surface area contributed by atoms with Gasteiger partial charge in [0, 0.05) is 31.0 Å². The van der Waals surface area contributed by atoms with Gasteiger partial charge in [0.15, 0.2) is 5.76 Å². The van der Waals surface area contributed by atoms with Crippen molar-refractivity contribution in [2.75, 3.05) is 13.2 Å². The van der Waals surface area contributed by atoms with Gasteiger partial charge >= 0.3 is 6.09 Å². The largest absolute Gasteiger partial charge is 0.489 e. The van der Waals surface area contributed by atoms with Gasteiger partial charge in [-0.15, -0.1) is 0 Å². The molecule has 11 heteroatoms. The topological polar surface area (TPSA) is 103 Å². The maximum Gasteiger partial charge on any atom is 0.410 e. The van der Waals surface area contributed by atoms with Crippen LogP contribution in [0.5, 0.6) is 5.75 Å². The van der Waals surface area contributed by atoms with Crippen molar-refractivity contribution >= 4 is 23.6 Å². The molecule has 3 aliphatic rings. The minimum absolute atomic E-state index is 0.0845. The fourth-order valence-electron chi connectivity index (χ4n) is 4.77. The van der Waals surface area contributed by atoms with Crippen LogP contribution >= 0.6 is 11.6 Å². The summed E-state index contributed by atoms with van der Waals surface area (Å²) < 4.78 is 38.4. The molecule has 6 rings (SSSR count). The second kappa shape index (κ2) is 10.9. The van der Waals surface area contributed by atoms with Crippen LogP contribution < -0.4 is 10.1 Å². The van der Waals surface area contributed by atoms with Gasteiger partial charge in [-0.3, -0.25) is 4.79 Å². The van der Waals surface area contributed by atoms with E-state index in [0.29, 0.717) is 54.0 Å². The predicted molar refractivity (Wildman–Crippen MR) is 138 cm³/mol.